The van der Waals surface area contributed by atoms with Gasteiger partial charge in [0.1, 0.15) is 0 Å². The highest BCUT2D eigenvalue weighted by Gasteiger charge is 2.12. The molecule has 0 unspecified atom stereocenters. The second kappa shape index (κ2) is 8.31. The summed E-state index contributed by atoms with van der Waals surface area (Å²) < 4.78 is 33.8. The van der Waals surface area contributed by atoms with Crippen LogP contribution in [-0.4, -0.2) is 26.2 Å². The standard InChI is InChI=1S/C13H18F2N2O3/c1-19-10-6-5-9(8-11(10)20-13(14)15)17-12(18)4-2-3-7-16/h5-6,8,13H,2-4,7,16H2,1H3,(H,17,18). The highest BCUT2D eigenvalue weighted by molar-refractivity contribution is 5.91. The molecule has 1 amide bonds. The fourth-order valence-corrected chi connectivity index (χ4v) is 1.60. The van der Waals surface area contributed by atoms with E-state index in [0.717, 1.165) is 6.42 Å². The maximum absolute atomic E-state index is 12.3. The molecule has 3 N–H and O–H groups in total. The third kappa shape index (κ3) is 5.40. The lowest BCUT2D eigenvalue weighted by Crippen LogP contribution is -2.12. The summed E-state index contributed by atoms with van der Waals surface area (Å²) in [6.07, 6.45) is 1.77. The van der Waals surface area contributed by atoms with Crippen LogP contribution in [0.25, 0.3) is 0 Å². The molecule has 7 heteroatoms. The third-order valence-electron chi connectivity index (χ3n) is 2.52. The number of carbonyl (C=O) groups excluding carboxylic acids is 1. The average molecular weight is 288 g/mol. The maximum atomic E-state index is 12.3. The number of unbranched alkanes of at least 4 members (excludes halogenated alkanes) is 1. The Hall–Kier alpha value is -1.89. The van der Waals surface area contributed by atoms with Gasteiger partial charge in [0.15, 0.2) is 11.5 Å². The van der Waals surface area contributed by atoms with Crippen LogP contribution in [0.1, 0.15) is 19.3 Å². The zero-order chi connectivity index (χ0) is 15.0. The summed E-state index contributed by atoms with van der Waals surface area (Å²) in [5.74, 6) is -0.152. The molecule has 5 nitrogen and oxygen atoms in total. The van der Waals surface area contributed by atoms with Crippen LogP contribution >= 0.6 is 0 Å². The van der Waals surface area contributed by atoms with Crippen molar-refractivity contribution in [2.45, 2.75) is 25.9 Å². The summed E-state index contributed by atoms with van der Waals surface area (Å²) in [6.45, 7) is -2.43. The van der Waals surface area contributed by atoms with Gasteiger partial charge in [-0.25, -0.2) is 0 Å². The van der Waals surface area contributed by atoms with E-state index in [1.165, 1.54) is 19.2 Å². The first-order chi connectivity index (χ1) is 9.56. The number of hydrogen-bond acceptors (Lipinski definition) is 4. The highest BCUT2D eigenvalue weighted by Crippen LogP contribution is 2.31. The van der Waals surface area contributed by atoms with E-state index in [1.54, 1.807) is 6.07 Å². The molecule has 0 atom stereocenters. The van der Waals surface area contributed by atoms with Crippen molar-refractivity contribution in [2.24, 2.45) is 5.73 Å². The van der Waals surface area contributed by atoms with Gasteiger partial charge < -0.3 is 20.5 Å². The van der Waals surface area contributed by atoms with E-state index in [9.17, 15) is 13.6 Å². The first-order valence-electron chi connectivity index (χ1n) is 6.19. The smallest absolute Gasteiger partial charge is 0.387 e. The van der Waals surface area contributed by atoms with Crippen molar-refractivity contribution in [3.05, 3.63) is 18.2 Å². The summed E-state index contributed by atoms with van der Waals surface area (Å²) in [5, 5.41) is 2.61. The van der Waals surface area contributed by atoms with Crippen molar-refractivity contribution in [1.29, 1.82) is 0 Å². The van der Waals surface area contributed by atoms with E-state index < -0.39 is 6.61 Å². The second-order valence-electron chi connectivity index (χ2n) is 4.04. The van der Waals surface area contributed by atoms with E-state index in [1.807, 2.05) is 0 Å². The first kappa shape index (κ1) is 16.2. The lowest BCUT2D eigenvalue weighted by Gasteiger charge is -2.12. The molecule has 1 rings (SSSR count). The number of carbonyl (C=O) groups is 1. The molecular formula is C13H18F2N2O3. The molecule has 0 bridgehead atoms. The minimum Gasteiger partial charge on any atom is -0.493 e. The Balaban J connectivity index is 2.68. The Morgan fingerprint density at radius 2 is 2.10 bits per heavy atom. The molecule has 0 radical (unpaired) electrons. The van der Waals surface area contributed by atoms with E-state index in [2.05, 4.69) is 10.1 Å². The van der Waals surface area contributed by atoms with Crippen LogP contribution in [0.15, 0.2) is 18.2 Å². The molecule has 0 heterocycles. The summed E-state index contributed by atoms with van der Waals surface area (Å²) in [5.41, 5.74) is 5.71. The lowest BCUT2D eigenvalue weighted by molar-refractivity contribution is -0.116. The van der Waals surface area contributed by atoms with Crippen LogP contribution in [0.3, 0.4) is 0 Å². The number of ether oxygens (including phenoxy) is 2. The zero-order valence-corrected chi connectivity index (χ0v) is 11.2. The number of nitrogens with one attached hydrogen (secondary N) is 1. The van der Waals surface area contributed by atoms with Gasteiger partial charge >= 0.3 is 6.61 Å². The number of benzene rings is 1. The summed E-state index contributed by atoms with van der Waals surface area (Å²) in [6, 6.07) is 4.30. The monoisotopic (exact) mass is 288 g/mol. The largest absolute Gasteiger partial charge is 0.493 e. The van der Waals surface area contributed by atoms with Gasteiger partial charge in [-0.05, 0) is 31.5 Å². The van der Waals surface area contributed by atoms with Gasteiger partial charge in [0.05, 0.1) is 7.11 Å². The zero-order valence-electron chi connectivity index (χ0n) is 11.2. The Morgan fingerprint density at radius 1 is 1.35 bits per heavy atom. The molecule has 0 aromatic heterocycles. The molecule has 0 aliphatic carbocycles. The molecule has 0 saturated heterocycles. The molecule has 0 aliphatic heterocycles. The van der Waals surface area contributed by atoms with Crippen molar-refractivity contribution >= 4 is 11.6 Å². The molecule has 0 spiro atoms. The van der Waals surface area contributed by atoms with Gasteiger partial charge in [-0.3, -0.25) is 4.79 Å². The van der Waals surface area contributed by atoms with Crippen molar-refractivity contribution in [1.82, 2.24) is 0 Å². The fraction of sp³-hybridized carbons (Fsp3) is 0.462. The van der Waals surface area contributed by atoms with Gasteiger partial charge in [-0.15, -0.1) is 0 Å². The fourth-order valence-electron chi connectivity index (χ4n) is 1.60. The Kier molecular flexibility index (Phi) is 6.72. The summed E-state index contributed by atoms with van der Waals surface area (Å²) >= 11 is 0. The molecule has 0 fully saturated rings. The van der Waals surface area contributed by atoms with Crippen LogP contribution in [0.4, 0.5) is 14.5 Å². The minimum atomic E-state index is -2.96. The normalized spacial score (nSPS) is 10.4. The number of nitrogens with two attached hydrogens (primary N) is 1. The van der Waals surface area contributed by atoms with E-state index in [-0.39, 0.29) is 17.4 Å². The predicted octanol–water partition coefficient (Wildman–Crippen LogP) is 2.36. The number of amides is 1. The first-order valence-corrected chi connectivity index (χ1v) is 6.19. The number of hydrogen-bond donors (Lipinski definition) is 2. The van der Waals surface area contributed by atoms with Gasteiger partial charge in [0.25, 0.3) is 0 Å². The van der Waals surface area contributed by atoms with Gasteiger partial charge in [-0.2, -0.15) is 8.78 Å². The Morgan fingerprint density at radius 3 is 2.70 bits per heavy atom. The number of methoxy groups -OCH3 is 1. The molecule has 0 saturated carbocycles. The molecule has 0 aliphatic rings. The SMILES string of the molecule is COc1ccc(NC(=O)CCCCN)cc1OC(F)F. The summed E-state index contributed by atoms with van der Waals surface area (Å²) in [4.78, 5) is 11.6. The topological polar surface area (TPSA) is 73.6 Å². The van der Waals surface area contributed by atoms with E-state index in [4.69, 9.17) is 10.5 Å². The van der Waals surface area contributed by atoms with Crippen molar-refractivity contribution < 1.29 is 23.0 Å². The molecule has 20 heavy (non-hydrogen) atoms. The molecule has 1 aromatic carbocycles. The van der Waals surface area contributed by atoms with Crippen LogP contribution in [-0.2, 0) is 4.79 Å². The van der Waals surface area contributed by atoms with Gasteiger partial charge in [0.2, 0.25) is 5.91 Å². The minimum absolute atomic E-state index is 0.123. The molecule has 112 valence electrons. The lowest BCUT2D eigenvalue weighted by atomic mass is 10.2. The van der Waals surface area contributed by atoms with Gasteiger partial charge in [-0.1, -0.05) is 0 Å². The van der Waals surface area contributed by atoms with Crippen LogP contribution in [0.2, 0.25) is 0 Å². The average Bonchev–Trinajstić information content (AvgIpc) is 2.38. The molecule has 1 aromatic rings. The van der Waals surface area contributed by atoms with Crippen LogP contribution in [0.5, 0.6) is 11.5 Å². The van der Waals surface area contributed by atoms with E-state index >= 15 is 0 Å². The highest BCUT2D eigenvalue weighted by atomic mass is 19.3. The van der Waals surface area contributed by atoms with Crippen molar-refractivity contribution in [2.75, 3.05) is 19.0 Å². The molecular weight excluding hydrogens is 270 g/mol. The number of rotatable bonds is 8. The van der Waals surface area contributed by atoms with Crippen LogP contribution in [0, 0.1) is 0 Å². The quantitative estimate of drug-likeness (QED) is 0.720. The summed E-state index contributed by atoms with van der Waals surface area (Å²) in [7, 11) is 1.35. The number of alkyl halides is 2. The van der Waals surface area contributed by atoms with Crippen molar-refractivity contribution in [3.8, 4) is 11.5 Å². The van der Waals surface area contributed by atoms with Crippen LogP contribution < -0.4 is 20.5 Å². The Labute approximate surface area is 116 Å². The second-order valence-corrected chi connectivity index (χ2v) is 4.04. The third-order valence-corrected chi connectivity index (χ3v) is 2.52. The Bertz CT molecular complexity index is 442. The van der Waals surface area contributed by atoms with E-state index in [0.29, 0.717) is 25.1 Å². The maximum Gasteiger partial charge on any atom is 0.387 e. The number of halogens is 2. The number of anilines is 1. The predicted molar refractivity (Wildman–Crippen MR) is 71.2 cm³/mol. The van der Waals surface area contributed by atoms with Crippen molar-refractivity contribution in [3.63, 3.8) is 0 Å². The van der Waals surface area contributed by atoms with Gasteiger partial charge in [0, 0.05) is 18.2 Å².